The summed E-state index contributed by atoms with van der Waals surface area (Å²) in [6.07, 6.45) is 2.02. The molecule has 0 unspecified atom stereocenters. The van der Waals surface area contributed by atoms with E-state index in [4.69, 9.17) is 22.2 Å². The molecule has 2 N–H and O–H groups in total. The Labute approximate surface area is 186 Å². The Morgan fingerprint density at radius 3 is 2.70 bits per heavy atom. The van der Waals surface area contributed by atoms with E-state index in [-0.39, 0.29) is 12.4 Å². The molecule has 2 aromatic carbocycles. The first kappa shape index (κ1) is 20.8. The third-order valence-electron chi connectivity index (χ3n) is 4.32. The zero-order valence-electron chi connectivity index (χ0n) is 15.9. The number of nitrogen functional groups attached to an aromatic ring is 1. The fourth-order valence-corrected chi connectivity index (χ4v) is 4.29. The van der Waals surface area contributed by atoms with E-state index in [1.54, 1.807) is 23.9 Å². The molecule has 0 aliphatic rings. The summed E-state index contributed by atoms with van der Waals surface area (Å²) in [4.78, 5) is 5.65. The van der Waals surface area contributed by atoms with Crippen LogP contribution >= 0.6 is 35.1 Å². The van der Waals surface area contributed by atoms with E-state index in [2.05, 4.69) is 21.2 Å². The van der Waals surface area contributed by atoms with Gasteiger partial charge in [0, 0.05) is 21.6 Å². The topological polar surface area (TPSA) is 78.9 Å². The first-order valence-electron chi connectivity index (χ1n) is 8.87. The molecule has 0 aliphatic carbocycles. The van der Waals surface area contributed by atoms with Crippen LogP contribution in [0.3, 0.4) is 0 Å². The first-order valence-corrected chi connectivity index (χ1v) is 11.5. The van der Waals surface area contributed by atoms with Crippen LogP contribution in [0.2, 0.25) is 5.15 Å². The van der Waals surface area contributed by atoms with Gasteiger partial charge in [0.05, 0.1) is 5.52 Å². The maximum Gasteiger partial charge on any atom is 0.210 e. The molecule has 0 fully saturated rings. The van der Waals surface area contributed by atoms with Gasteiger partial charge in [0.1, 0.15) is 23.3 Å². The lowest BCUT2D eigenvalue weighted by molar-refractivity contribution is 0.291. The molecule has 0 amide bonds. The van der Waals surface area contributed by atoms with Crippen LogP contribution in [0, 0.1) is 5.82 Å². The molecule has 0 saturated carbocycles. The maximum atomic E-state index is 13.0. The van der Waals surface area contributed by atoms with Crippen molar-refractivity contribution < 1.29 is 9.13 Å². The summed E-state index contributed by atoms with van der Waals surface area (Å²) in [5.41, 5.74) is 1.75. The minimum absolute atomic E-state index is 0.117. The van der Waals surface area contributed by atoms with Crippen LogP contribution in [0.5, 0.6) is 5.75 Å². The molecule has 0 saturated heterocycles. The van der Waals surface area contributed by atoms with Gasteiger partial charge < -0.3 is 10.6 Å². The van der Waals surface area contributed by atoms with Crippen molar-refractivity contribution in [1.82, 2.24) is 19.9 Å². The van der Waals surface area contributed by atoms with Gasteiger partial charge in [-0.2, -0.15) is 0 Å². The summed E-state index contributed by atoms with van der Waals surface area (Å²) >= 11 is 9.45. The largest absolute Gasteiger partial charge is 0.486 e. The molecule has 4 rings (SSSR count). The summed E-state index contributed by atoms with van der Waals surface area (Å²) in [7, 11) is 0. The summed E-state index contributed by atoms with van der Waals surface area (Å²) in [6, 6.07) is 13.9. The Morgan fingerprint density at radius 1 is 1.13 bits per heavy atom. The van der Waals surface area contributed by atoms with Gasteiger partial charge in [-0.15, -0.1) is 22.0 Å². The molecule has 4 aromatic rings. The Morgan fingerprint density at radius 2 is 1.93 bits per heavy atom. The first-order chi connectivity index (χ1) is 14.5. The van der Waals surface area contributed by atoms with Crippen LogP contribution < -0.4 is 10.6 Å². The third-order valence-corrected chi connectivity index (χ3v) is 6.37. The van der Waals surface area contributed by atoms with Crippen molar-refractivity contribution in [3.8, 4) is 5.75 Å². The summed E-state index contributed by atoms with van der Waals surface area (Å²) in [5.74, 6) is 7.29. The smallest absolute Gasteiger partial charge is 0.210 e. The second kappa shape index (κ2) is 9.11. The molecule has 0 radical (unpaired) electrons. The highest BCUT2D eigenvalue weighted by Crippen LogP contribution is 2.29. The third kappa shape index (κ3) is 4.63. The zero-order chi connectivity index (χ0) is 21.1. The molecule has 10 heteroatoms. The quantitative estimate of drug-likeness (QED) is 0.237. The van der Waals surface area contributed by atoms with Gasteiger partial charge in [-0.1, -0.05) is 29.4 Å². The number of halogens is 2. The van der Waals surface area contributed by atoms with Crippen LogP contribution in [-0.2, 0) is 12.4 Å². The number of nitrogens with two attached hydrogens (primary N) is 1. The fraction of sp³-hybridized carbons (Fsp3) is 0.150. The van der Waals surface area contributed by atoms with E-state index in [0.29, 0.717) is 27.6 Å². The molecule has 0 atom stereocenters. The Hall–Kier alpha value is -2.49. The highest BCUT2D eigenvalue weighted by atomic mass is 35.5. The van der Waals surface area contributed by atoms with Gasteiger partial charge in [0.25, 0.3) is 0 Å². The van der Waals surface area contributed by atoms with Crippen molar-refractivity contribution in [3.63, 3.8) is 0 Å². The van der Waals surface area contributed by atoms with E-state index < -0.39 is 0 Å². The number of hydrogen-bond acceptors (Lipinski definition) is 7. The molecule has 2 heterocycles. The van der Waals surface area contributed by atoms with Crippen molar-refractivity contribution in [2.24, 2.45) is 0 Å². The lowest BCUT2D eigenvalue weighted by Crippen LogP contribution is -2.15. The van der Waals surface area contributed by atoms with Crippen LogP contribution in [0.4, 0.5) is 4.39 Å². The van der Waals surface area contributed by atoms with Crippen molar-refractivity contribution in [1.29, 1.82) is 0 Å². The van der Waals surface area contributed by atoms with Crippen LogP contribution in [0.25, 0.3) is 10.9 Å². The van der Waals surface area contributed by atoms with Gasteiger partial charge in [-0.05, 0) is 48.7 Å². The predicted octanol–water partition coefficient (Wildman–Crippen LogP) is 4.93. The van der Waals surface area contributed by atoms with E-state index >= 15 is 0 Å². The fourth-order valence-electron chi connectivity index (χ4n) is 2.72. The number of fused-ring (bicyclic) bond motifs is 1. The van der Waals surface area contributed by atoms with Crippen LogP contribution in [-0.4, -0.2) is 26.1 Å². The number of rotatable bonds is 7. The minimum atomic E-state index is -0.324. The molecule has 0 aliphatic heterocycles. The maximum absolute atomic E-state index is 13.0. The molecule has 0 spiro atoms. The molecule has 2 aromatic heterocycles. The van der Waals surface area contributed by atoms with Crippen molar-refractivity contribution >= 4 is 46.0 Å². The number of aromatic nitrogens is 4. The number of thioether (sulfide) groups is 2. The van der Waals surface area contributed by atoms with Crippen molar-refractivity contribution in [2.45, 2.75) is 22.4 Å². The molecular formula is C20H17ClFN5OS2. The average Bonchev–Trinajstić information content (AvgIpc) is 3.11. The standard InChI is InChI=1S/C20H17ClFN5OS2/c1-29-16-7-2-12-8-13(19(21)24-17(12)9-16)11-30-20-26-25-18(27(20)23)10-28-15-5-3-14(22)4-6-15/h2-9H,10-11,23H2,1H3. The molecule has 6 nitrogen and oxygen atoms in total. The zero-order valence-corrected chi connectivity index (χ0v) is 18.3. The number of pyridine rings is 1. The Bertz CT molecular complexity index is 1190. The van der Waals surface area contributed by atoms with Crippen LogP contribution in [0.1, 0.15) is 11.4 Å². The van der Waals surface area contributed by atoms with E-state index in [1.165, 1.54) is 28.6 Å². The van der Waals surface area contributed by atoms with Gasteiger partial charge in [0.2, 0.25) is 5.16 Å². The van der Waals surface area contributed by atoms with Gasteiger partial charge >= 0.3 is 0 Å². The average molecular weight is 462 g/mol. The Balaban J connectivity index is 1.43. The summed E-state index contributed by atoms with van der Waals surface area (Å²) < 4.78 is 19.9. The second-order valence-electron chi connectivity index (χ2n) is 6.30. The highest BCUT2D eigenvalue weighted by molar-refractivity contribution is 7.98. The molecular weight excluding hydrogens is 445 g/mol. The SMILES string of the molecule is CSc1ccc2cc(CSc3nnc(COc4ccc(F)cc4)n3N)c(Cl)nc2c1. The second-order valence-corrected chi connectivity index (χ2v) is 8.48. The summed E-state index contributed by atoms with van der Waals surface area (Å²) in [5, 5.41) is 10.2. The predicted molar refractivity (Wildman–Crippen MR) is 119 cm³/mol. The van der Waals surface area contributed by atoms with E-state index in [1.807, 2.05) is 24.5 Å². The lowest BCUT2D eigenvalue weighted by atomic mass is 10.2. The number of nitrogens with zero attached hydrogens (tertiary/aromatic N) is 4. The van der Waals surface area contributed by atoms with E-state index in [0.717, 1.165) is 21.4 Å². The molecule has 30 heavy (non-hydrogen) atoms. The normalized spacial score (nSPS) is 11.2. The van der Waals surface area contributed by atoms with Crippen LogP contribution in [0.15, 0.2) is 58.6 Å². The number of benzene rings is 2. The number of ether oxygens (including phenoxy) is 1. The monoisotopic (exact) mass is 461 g/mol. The Kier molecular flexibility index (Phi) is 6.31. The molecule has 154 valence electrons. The highest BCUT2D eigenvalue weighted by Gasteiger charge is 2.13. The lowest BCUT2D eigenvalue weighted by Gasteiger charge is -2.08. The molecule has 0 bridgehead atoms. The number of hydrogen-bond donors (Lipinski definition) is 1. The minimum Gasteiger partial charge on any atom is -0.486 e. The van der Waals surface area contributed by atoms with E-state index in [9.17, 15) is 4.39 Å². The van der Waals surface area contributed by atoms with Gasteiger partial charge in [-0.25, -0.2) is 14.1 Å². The summed E-state index contributed by atoms with van der Waals surface area (Å²) in [6.45, 7) is 0.117. The van der Waals surface area contributed by atoms with Crippen molar-refractivity contribution in [3.05, 3.63) is 70.9 Å². The van der Waals surface area contributed by atoms with Gasteiger partial charge in [0.15, 0.2) is 5.82 Å². The van der Waals surface area contributed by atoms with Gasteiger partial charge in [-0.3, -0.25) is 0 Å². The van der Waals surface area contributed by atoms with Crippen molar-refractivity contribution in [2.75, 3.05) is 12.1 Å².